The van der Waals surface area contributed by atoms with Gasteiger partial charge in [-0.05, 0) is 48.4 Å². The fourth-order valence-corrected chi connectivity index (χ4v) is 6.53. The minimum atomic E-state index is -4.56. The summed E-state index contributed by atoms with van der Waals surface area (Å²) in [5, 5.41) is 0.481. The number of anilines is 1. The fourth-order valence-electron chi connectivity index (χ4n) is 6.35. The molecule has 3 aromatic rings. The molecule has 8 heteroatoms. The van der Waals surface area contributed by atoms with Gasteiger partial charge in [0.2, 0.25) is 0 Å². The number of Topliss-reactive ketones (excluding diaryl/α,β-unsaturated/α-hetero) is 3. The average Bonchev–Trinajstić information content (AvgIpc) is 3.30. The summed E-state index contributed by atoms with van der Waals surface area (Å²) >= 11 is 6.20. The number of carbonyl (C=O) groups is 3. The van der Waals surface area contributed by atoms with Crippen LogP contribution in [-0.2, 0) is 11.0 Å². The lowest BCUT2D eigenvalue weighted by atomic mass is 9.64. The zero-order chi connectivity index (χ0) is 26.3. The molecule has 1 saturated heterocycles. The highest BCUT2D eigenvalue weighted by molar-refractivity contribution is 6.32. The first-order valence-electron chi connectivity index (χ1n) is 11.7. The van der Waals surface area contributed by atoms with E-state index < -0.39 is 46.7 Å². The normalized spacial score (nSPS) is 23.3. The molecule has 1 unspecified atom stereocenters. The first kappa shape index (κ1) is 23.7. The minimum absolute atomic E-state index is 0.254. The molecule has 1 fully saturated rings. The van der Waals surface area contributed by atoms with E-state index in [4.69, 9.17) is 11.6 Å². The molecular formula is C29H19ClF3NO3. The van der Waals surface area contributed by atoms with Gasteiger partial charge in [0.15, 0.2) is 17.3 Å². The van der Waals surface area contributed by atoms with Crippen molar-refractivity contribution < 1.29 is 27.6 Å². The highest BCUT2D eigenvalue weighted by Crippen LogP contribution is 2.60. The third kappa shape index (κ3) is 3.13. The predicted octanol–water partition coefficient (Wildman–Crippen LogP) is 6.38. The monoisotopic (exact) mass is 521 g/mol. The predicted molar refractivity (Wildman–Crippen MR) is 133 cm³/mol. The molecular weight excluding hydrogens is 503 g/mol. The molecule has 3 atom stereocenters. The van der Waals surface area contributed by atoms with E-state index in [0.717, 1.165) is 12.1 Å². The lowest BCUT2D eigenvalue weighted by Crippen LogP contribution is -2.48. The Labute approximate surface area is 215 Å². The molecule has 1 aliphatic carbocycles. The molecule has 2 aliphatic heterocycles. The number of halogens is 4. The second-order valence-corrected chi connectivity index (χ2v) is 10.1. The number of hydrogen-bond donors (Lipinski definition) is 0. The lowest BCUT2D eigenvalue weighted by Gasteiger charge is -2.37. The maximum absolute atomic E-state index is 14.2. The summed E-state index contributed by atoms with van der Waals surface area (Å²) in [7, 11) is 0. The number of nitrogens with zero attached hydrogens (tertiary/aromatic N) is 1. The third-order valence-electron chi connectivity index (χ3n) is 7.78. The summed E-state index contributed by atoms with van der Waals surface area (Å²) in [6.45, 7) is 1.38. The first-order chi connectivity index (χ1) is 17.6. The number of fused-ring (bicyclic) bond motifs is 5. The van der Waals surface area contributed by atoms with E-state index in [2.05, 4.69) is 0 Å². The fraction of sp³-hybridized carbons (Fsp3) is 0.207. The quantitative estimate of drug-likeness (QED) is 0.367. The molecule has 3 aliphatic rings. The Morgan fingerprint density at radius 3 is 2.14 bits per heavy atom. The Hall–Kier alpha value is -3.71. The molecule has 0 saturated carbocycles. The SMILES string of the molecule is CC(=O)[C@H]1[C@H](c2ccc(C(F)(F)F)cc2)C2(C(=O)c3ccccc3C2=O)C2C=Cc3cc(Cl)ccc3N21. The van der Waals surface area contributed by atoms with Gasteiger partial charge in [0.1, 0.15) is 5.41 Å². The molecule has 6 rings (SSSR count). The van der Waals surface area contributed by atoms with Crippen LogP contribution >= 0.6 is 11.6 Å². The van der Waals surface area contributed by atoms with E-state index in [1.807, 2.05) is 0 Å². The van der Waals surface area contributed by atoms with E-state index in [0.29, 0.717) is 21.8 Å². The van der Waals surface area contributed by atoms with Crippen LogP contribution in [0.1, 0.15) is 50.2 Å². The summed E-state index contributed by atoms with van der Waals surface area (Å²) in [6, 6.07) is 14.2. The molecule has 0 bridgehead atoms. The topological polar surface area (TPSA) is 54.5 Å². The van der Waals surface area contributed by atoms with Gasteiger partial charge in [-0.1, -0.05) is 60.2 Å². The van der Waals surface area contributed by atoms with Gasteiger partial charge in [-0.3, -0.25) is 14.4 Å². The van der Waals surface area contributed by atoms with Gasteiger partial charge in [-0.15, -0.1) is 0 Å². The van der Waals surface area contributed by atoms with E-state index in [1.54, 1.807) is 59.5 Å². The standard InChI is InChI=1S/C29H19ClF3NO3/c1-15(35)25-24(16-6-9-18(10-7-16)29(31,32)33)28(26(36)20-4-2-3-5-21(20)27(28)37)23-13-8-17-14-19(30)11-12-22(17)34(23)25/h2-14,23-25H,1H3/t23?,24-,25-/m0/s1. The summed E-state index contributed by atoms with van der Waals surface area (Å²) in [5.41, 5.74) is -0.411. The van der Waals surface area contributed by atoms with Crippen LogP contribution in [0, 0.1) is 5.41 Å². The van der Waals surface area contributed by atoms with Crippen LogP contribution in [0.4, 0.5) is 18.9 Å². The molecule has 0 radical (unpaired) electrons. The molecule has 37 heavy (non-hydrogen) atoms. The minimum Gasteiger partial charge on any atom is -0.352 e. The average molecular weight is 522 g/mol. The summed E-state index contributed by atoms with van der Waals surface area (Å²) in [5.74, 6) is -2.19. The summed E-state index contributed by atoms with van der Waals surface area (Å²) in [4.78, 5) is 43.6. The molecule has 1 spiro atoms. The van der Waals surface area contributed by atoms with E-state index in [-0.39, 0.29) is 16.9 Å². The van der Waals surface area contributed by atoms with Gasteiger partial charge >= 0.3 is 6.18 Å². The van der Waals surface area contributed by atoms with Crippen LogP contribution in [0.3, 0.4) is 0 Å². The zero-order valence-electron chi connectivity index (χ0n) is 19.4. The number of alkyl halides is 3. The molecule has 3 aromatic carbocycles. The molecule has 186 valence electrons. The maximum atomic E-state index is 14.2. The number of hydrogen-bond acceptors (Lipinski definition) is 4. The maximum Gasteiger partial charge on any atom is 0.416 e. The van der Waals surface area contributed by atoms with E-state index in [1.165, 1.54) is 19.1 Å². The van der Waals surface area contributed by atoms with E-state index in [9.17, 15) is 27.6 Å². The van der Waals surface area contributed by atoms with Crippen molar-refractivity contribution in [2.45, 2.75) is 31.1 Å². The van der Waals surface area contributed by atoms with Crippen molar-refractivity contribution in [1.29, 1.82) is 0 Å². The van der Waals surface area contributed by atoms with Gasteiger partial charge in [0.25, 0.3) is 0 Å². The van der Waals surface area contributed by atoms with Crippen molar-refractivity contribution in [2.75, 3.05) is 4.90 Å². The number of ketones is 3. The smallest absolute Gasteiger partial charge is 0.352 e. The van der Waals surface area contributed by atoms with Crippen molar-refractivity contribution in [3.05, 3.63) is 106 Å². The second kappa shape index (κ2) is 7.89. The second-order valence-electron chi connectivity index (χ2n) is 9.64. The van der Waals surface area contributed by atoms with Gasteiger partial charge in [-0.2, -0.15) is 13.2 Å². The van der Waals surface area contributed by atoms with Crippen molar-refractivity contribution in [1.82, 2.24) is 0 Å². The Morgan fingerprint density at radius 2 is 1.57 bits per heavy atom. The number of carbonyl (C=O) groups excluding carboxylic acids is 3. The molecule has 2 heterocycles. The molecule has 4 nitrogen and oxygen atoms in total. The molecule has 0 amide bonds. The Bertz CT molecular complexity index is 1490. The lowest BCUT2D eigenvalue weighted by molar-refractivity contribution is -0.137. The van der Waals surface area contributed by atoms with Crippen molar-refractivity contribution in [3.63, 3.8) is 0 Å². The van der Waals surface area contributed by atoms with Crippen LogP contribution in [-0.4, -0.2) is 29.4 Å². The Morgan fingerprint density at radius 1 is 0.946 bits per heavy atom. The zero-order valence-corrected chi connectivity index (χ0v) is 20.2. The van der Waals surface area contributed by atoms with Gasteiger partial charge in [0.05, 0.1) is 17.6 Å². The number of rotatable bonds is 2. The van der Waals surface area contributed by atoms with Gasteiger partial charge < -0.3 is 4.90 Å². The van der Waals surface area contributed by atoms with Gasteiger partial charge in [-0.25, -0.2) is 0 Å². The molecule has 0 N–H and O–H groups in total. The van der Waals surface area contributed by atoms with Crippen LogP contribution in [0.5, 0.6) is 0 Å². The van der Waals surface area contributed by atoms with Gasteiger partial charge in [0, 0.05) is 27.8 Å². The highest BCUT2D eigenvalue weighted by atomic mass is 35.5. The van der Waals surface area contributed by atoms with Crippen LogP contribution in [0.15, 0.2) is 72.8 Å². The first-order valence-corrected chi connectivity index (χ1v) is 12.1. The molecule has 0 aromatic heterocycles. The van der Waals surface area contributed by atoms with Crippen LogP contribution in [0.25, 0.3) is 6.08 Å². The largest absolute Gasteiger partial charge is 0.416 e. The Balaban J connectivity index is 1.64. The Kier molecular flexibility index (Phi) is 5.05. The van der Waals surface area contributed by atoms with Crippen LogP contribution in [0.2, 0.25) is 5.02 Å². The summed E-state index contributed by atoms with van der Waals surface area (Å²) < 4.78 is 40.0. The van der Waals surface area contributed by atoms with Crippen LogP contribution < -0.4 is 4.90 Å². The van der Waals surface area contributed by atoms with Crippen molar-refractivity contribution >= 4 is 40.7 Å². The van der Waals surface area contributed by atoms with Crippen molar-refractivity contribution in [2.24, 2.45) is 5.41 Å². The van der Waals surface area contributed by atoms with Crippen molar-refractivity contribution in [3.8, 4) is 0 Å². The third-order valence-corrected chi connectivity index (χ3v) is 8.01. The number of benzene rings is 3. The highest BCUT2D eigenvalue weighted by Gasteiger charge is 2.71. The summed E-state index contributed by atoms with van der Waals surface area (Å²) in [6.07, 6.45) is -1.04. The van der Waals surface area contributed by atoms with E-state index >= 15 is 0 Å².